The van der Waals surface area contributed by atoms with Crippen molar-refractivity contribution in [2.75, 3.05) is 39.6 Å². The predicted molar refractivity (Wildman–Crippen MR) is 445 cm³/mol. The van der Waals surface area contributed by atoms with Crippen LogP contribution >= 0.6 is 15.6 Å². The topological polar surface area (TPSA) is 237 Å². The highest BCUT2D eigenvalue weighted by Crippen LogP contribution is 2.45. The Bertz CT molecular complexity index is 2810. The number of phosphoric acid groups is 2. The number of allylic oxidation sites excluding steroid dienone is 32. The summed E-state index contributed by atoms with van der Waals surface area (Å²) in [6, 6.07) is 0. The Labute approximate surface area is 653 Å². The number of hydrogen-bond acceptors (Lipinski definition) is 15. The third-order valence-electron chi connectivity index (χ3n) is 16.0. The average molecular weight is 1550 g/mol. The van der Waals surface area contributed by atoms with Gasteiger partial charge in [-0.1, -0.05) is 280 Å². The third kappa shape index (κ3) is 78.0. The molecule has 610 valence electrons. The second kappa shape index (κ2) is 79.0. The molecule has 108 heavy (non-hydrogen) atoms. The van der Waals surface area contributed by atoms with Crippen LogP contribution in [0.5, 0.6) is 0 Å². The smallest absolute Gasteiger partial charge is 0.462 e. The van der Waals surface area contributed by atoms with Crippen LogP contribution in [-0.2, 0) is 65.4 Å². The molecule has 19 heteroatoms. The fourth-order valence-corrected chi connectivity index (χ4v) is 11.6. The van der Waals surface area contributed by atoms with E-state index < -0.39 is 97.5 Å². The highest BCUT2D eigenvalue weighted by atomic mass is 31.2. The quantitative estimate of drug-likeness (QED) is 0.0169. The maximum atomic E-state index is 13.1. The lowest BCUT2D eigenvalue weighted by atomic mass is 10.1. The summed E-state index contributed by atoms with van der Waals surface area (Å²) in [6.45, 7) is 4.28. The van der Waals surface area contributed by atoms with Gasteiger partial charge in [0.05, 0.1) is 26.4 Å². The summed E-state index contributed by atoms with van der Waals surface area (Å²) in [5, 5.41) is 10.7. The molecule has 0 aromatic rings. The van der Waals surface area contributed by atoms with Crippen LogP contribution < -0.4 is 0 Å². The number of aliphatic hydroxyl groups is 1. The van der Waals surface area contributed by atoms with Gasteiger partial charge >= 0.3 is 39.5 Å². The van der Waals surface area contributed by atoms with Gasteiger partial charge in [-0.05, 0) is 173 Å². The molecule has 0 radical (unpaired) electrons. The number of aliphatic hydroxyl groups excluding tert-OH is 1. The Morgan fingerprint density at radius 1 is 0.259 bits per heavy atom. The van der Waals surface area contributed by atoms with Gasteiger partial charge in [-0.2, -0.15) is 0 Å². The van der Waals surface area contributed by atoms with E-state index in [9.17, 15) is 43.2 Å². The van der Waals surface area contributed by atoms with E-state index >= 15 is 0 Å². The van der Waals surface area contributed by atoms with Crippen LogP contribution in [0.25, 0.3) is 0 Å². The fourth-order valence-electron chi connectivity index (χ4n) is 10.0. The van der Waals surface area contributed by atoms with Gasteiger partial charge in [-0.3, -0.25) is 37.3 Å². The minimum Gasteiger partial charge on any atom is -0.462 e. The van der Waals surface area contributed by atoms with E-state index in [-0.39, 0.29) is 25.7 Å². The van der Waals surface area contributed by atoms with Crippen LogP contribution in [0.1, 0.15) is 285 Å². The van der Waals surface area contributed by atoms with Crippen molar-refractivity contribution in [3.8, 4) is 0 Å². The Kier molecular flexibility index (Phi) is 74.5. The summed E-state index contributed by atoms with van der Waals surface area (Å²) in [7, 11) is -10.0. The van der Waals surface area contributed by atoms with Crippen molar-refractivity contribution in [2.24, 2.45) is 0 Å². The summed E-state index contributed by atoms with van der Waals surface area (Å²) in [5.41, 5.74) is 0. The highest BCUT2D eigenvalue weighted by molar-refractivity contribution is 7.47. The molecule has 0 aliphatic carbocycles. The average Bonchev–Trinajstić information content (AvgIpc) is 0.880. The largest absolute Gasteiger partial charge is 0.472 e. The molecule has 0 fully saturated rings. The SMILES string of the molecule is CC/C=C\C/C=C\C/C=C\C/C=C\C/C=C\CCCC(=O)OCC(COP(=O)(O)OCC(O)COP(=O)(O)OCC(COC(=O)CCCCCC/C=C\C/C=C\C/C=C\C/C=C\CC)OC(=O)CCCCCCCCC/C=C\C/C=C\C/C=C\CC)OC(=O)CCCCCC/C=C\C/C=C\C/C=C\C/C=C\CC. The molecular weight excluding hydrogens is 1400 g/mol. The van der Waals surface area contributed by atoms with Crippen LogP contribution in [-0.4, -0.2) is 96.7 Å². The summed E-state index contributed by atoms with van der Waals surface area (Å²) < 4.78 is 68.6. The maximum Gasteiger partial charge on any atom is 0.472 e. The Morgan fingerprint density at radius 3 is 0.731 bits per heavy atom. The summed E-state index contributed by atoms with van der Waals surface area (Å²) >= 11 is 0. The number of esters is 4. The Morgan fingerprint density at radius 2 is 0.463 bits per heavy atom. The second-order valence-corrected chi connectivity index (χ2v) is 29.1. The van der Waals surface area contributed by atoms with E-state index in [4.69, 9.17) is 37.0 Å². The molecule has 0 spiro atoms. The molecule has 17 nitrogen and oxygen atoms in total. The van der Waals surface area contributed by atoms with Gasteiger partial charge in [-0.15, -0.1) is 0 Å². The van der Waals surface area contributed by atoms with Crippen LogP contribution in [0.2, 0.25) is 0 Å². The molecular formula is C89H142O17P2. The number of phosphoric ester groups is 2. The Balaban J connectivity index is 5.51. The number of carbonyl (C=O) groups is 4. The molecule has 0 aromatic carbocycles. The standard InChI is InChI=1S/C89H142O17P2/c1-5-9-13-17-21-25-29-33-37-41-45-49-53-57-61-65-69-73-86(91)99-79-84(105-88(93)75-71-67-63-59-55-51-47-43-39-35-31-27-23-19-15-11-7-3)81-103-107(95,96)101-77-83(90)78-102-108(97,98)104-82-85(106-89(94)76-72-68-64-60-56-52-48-44-40-36-32-28-24-20-16-12-8-4)80-100-87(92)74-70-66-62-58-54-50-46-42-38-34-30-26-22-18-14-10-6-2/h9-16,21-28,33-40,45-47,49-51,57,61,83-85,90H,5-8,17-20,29-32,41-44,48,52-56,58-60,62-82H2,1-4H3,(H,95,96)(H,97,98)/b13-9-,14-10-,15-11-,16-12-,25-21-,26-22-,27-23-,28-24-,37-33-,38-34-,39-35-,40-36-,49-45-,50-46-,51-47-,61-57-. The molecule has 5 atom stereocenters. The predicted octanol–water partition coefficient (Wildman–Crippen LogP) is 24.1. The zero-order chi connectivity index (χ0) is 78.9. The lowest BCUT2D eigenvalue weighted by Gasteiger charge is -2.21. The molecule has 0 amide bonds. The van der Waals surface area contributed by atoms with Crippen molar-refractivity contribution < 1.29 is 80.2 Å². The third-order valence-corrected chi connectivity index (χ3v) is 17.9. The van der Waals surface area contributed by atoms with Gasteiger partial charge in [-0.25, -0.2) is 9.13 Å². The maximum absolute atomic E-state index is 13.1. The molecule has 0 bridgehead atoms. The lowest BCUT2D eigenvalue weighted by molar-refractivity contribution is -0.161. The lowest BCUT2D eigenvalue weighted by Crippen LogP contribution is -2.30. The van der Waals surface area contributed by atoms with Crippen molar-refractivity contribution >= 4 is 39.5 Å². The minimum absolute atomic E-state index is 0.0463. The van der Waals surface area contributed by atoms with Gasteiger partial charge in [0, 0.05) is 25.7 Å². The second-order valence-electron chi connectivity index (χ2n) is 26.2. The molecule has 0 rings (SSSR count). The molecule has 0 aliphatic rings. The van der Waals surface area contributed by atoms with E-state index in [0.29, 0.717) is 32.1 Å². The van der Waals surface area contributed by atoms with Gasteiger partial charge in [0.25, 0.3) is 0 Å². The van der Waals surface area contributed by atoms with Gasteiger partial charge in [0.15, 0.2) is 12.2 Å². The summed E-state index contributed by atoms with van der Waals surface area (Å²) in [6.07, 6.45) is 96.9. The van der Waals surface area contributed by atoms with Crippen LogP contribution in [0.4, 0.5) is 0 Å². The zero-order valence-electron chi connectivity index (χ0n) is 66.7. The Hall–Kier alpha value is -6.10. The van der Waals surface area contributed by atoms with Crippen molar-refractivity contribution in [1.29, 1.82) is 0 Å². The van der Waals surface area contributed by atoms with E-state index in [0.717, 1.165) is 199 Å². The van der Waals surface area contributed by atoms with Gasteiger partial charge in [0.1, 0.15) is 19.3 Å². The molecule has 0 aromatic heterocycles. The molecule has 0 heterocycles. The monoisotopic (exact) mass is 1540 g/mol. The van der Waals surface area contributed by atoms with Crippen molar-refractivity contribution in [3.63, 3.8) is 0 Å². The van der Waals surface area contributed by atoms with Crippen LogP contribution in [0, 0.1) is 0 Å². The summed E-state index contributed by atoms with van der Waals surface area (Å²) in [5.74, 6) is -2.32. The normalized spacial score (nSPS) is 14.8. The molecule has 3 N–H and O–H groups in total. The molecule has 0 saturated carbocycles. The van der Waals surface area contributed by atoms with Gasteiger partial charge < -0.3 is 33.8 Å². The first-order chi connectivity index (χ1) is 52.7. The zero-order valence-corrected chi connectivity index (χ0v) is 68.5. The van der Waals surface area contributed by atoms with E-state index in [1.165, 1.54) is 0 Å². The number of unbranched alkanes of at least 4 members (excludes halogenated alkanes) is 16. The first kappa shape index (κ1) is 102. The first-order valence-electron chi connectivity index (χ1n) is 40.7. The van der Waals surface area contributed by atoms with Crippen molar-refractivity contribution in [3.05, 3.63) is 194 Å². The molecule has 0 saturated heterocycles. The van der Waals surface area contributed by atoms with Gasteiger partial charge in [0.2, 0.25) is 0 Å². The highest BCUT2D eigenvalue weighted by Gasteiger charge is 2.30. The fraction of sp³-hybridized carbons (Fsp3) is 0.596. The van der Waals surface area contributed by atoms with Crippen LogP contribution in [0.3, 0.4) is 0 Å². The summed E-state index contributed by atoms with van der Waals surface area (Å²) in [4.78, 5) is 73.1. The van der Waals surface area contributed by atoms with E-state index in [1.54, 1.807) is 0 Å². The van der Waals surface area contributed by atoms with E-state index in [2.05, 4.69) is 210 Å². The minimum atomic E-state index is -5.01. The molecule has 5 unspecified atom stereocenters. The van der Waals surface area contributed by atoms with E-state index in [1.807, 2.05) is 12.2 Å². The van der Waals surface area contributed by atoms with Crippen molar-refractivity contribution in [1.82, 2.24) is 0 Å². The number of rotatable bonds is 74. The number of hydrogen-bond donors (Lipinski definition) is 3. The van der Waals surface area contributed by atoms with Crippen LogP contribution in [0.15, 0.2) is 194 Å². The first-order valence-corrected chi connectivity index (χ1v) is 43.7. The number of carbonyl (C=O) groups excluding carboxylic acids is 4. The number of ether oxygens (including phenoxy) is 4. The molecule has 0 aliphatic heterocycles. The van der Waals surface area contributed by atoms with Crippen molar-refractivity contribution in [2.45, 2.75) is 303 Å².